The van der Waals surface area contributed by atoms with Gasteiger partial charge in [-0.15, -0.1) is 0 Å². The van der Waals surface area contributed by atoms with Crippen LogP contribution in [0.4, 0.5) is 30.9 Å². The number of rotatable bonds is 7. The van der Waals surface area contributed by atoms with Crippen LogP contribution in [0.25, 0.3) is 22.6 Å². The predicted molar refractivity (Wildman–Crippen MR) is 142 cm³/mol. The molecule has 0 radical (unpaired) electrons. The molecule has 7 N–H and O–H groups in total. The molecule has 0 fully saturated rings. The van der Waals surface area contributed by atoms with Gasteiger partial charge in [-0.3, -0.25) is 14.0 Å². The van der Waals surface area contributed by atoms with Crippen molar-refractivity contribution in [2.75, 3.05) is 34.9 Å². The van der Waals surface area contributed by atoms with Gasteiger partial charge in [0.1, 0.15) is 23.0 Å². The van der Waals surface area contributed by atoms with Crippen molar-refractivity contribution in [1.82, 2.24) is 24.7 Å². The maximum atomic E-state index is 14.1. The highest BCUT2D eigenvalue weighted by atomic mass is 32.2. The third-order valence-corrected chi connectivity index (χ3v) is 6.90. The second-order valence-electron chi connectivity index (χ2n) is 8.20. The first-order valence-corrected chi connectivity index (χ1v) is 14.2. The summed E-state index contributed by atoms with van der Waals surface area (Å²) in [7, 11) is -7.35. The van der Waals surface area contributed by atoms with E-state index in [1.807, 2.05) is 0 Å². The number of pyridine rings is 1. The van der Waals surface area contributed by atoms with Crippen molar-refractivity contribution in [3.05, 3.63) is 53.7 Å². The highest BCUT2D eigenvalue weighted by molar-refractivity contribution is 7.89. The monoisotopic (exact) mass is 616 g/mol. The number of nitrogens with zero attached hydrogens (tertiary/aromatic N) is 6. The molecule has 4 rings (SSSR count). The minimum atomic E-state index is -4.30. The van der Waals surface area contributed by atoms with Gasteiger partial charge in [0.2, 0.25) is 0 Å². The molecule has 1 amide bonds. The number of aromatic nitrogens is 5. The maximum absolute atomic E-state index is 14.1. The van der Waals surface area contributed by atoms with E-state index in [1.165, 1.54) is 23.9 Å². The lowest BCUT2D eigenvalue weighted by atomic mass is 10.2. The highest BCUT2D eigenvalue weighted by Gasteiger charge is 2.23. The lowest BCUT2D eigenvalue weighted by Crippen LogP contribution is -2.26. The van der Waals surface area contributed by atoms with E-state index >= 15 is 0 Å². The van der Waals surface area contributed by atoms with Crippen molar-refractivity contribution >= 4 is 54.7 Å². The molecule has 16 nitrogen and oxygen atoms in total. The van der Waals surface area contributed by atoms with Crippen molar-refractivity contribution in [3.63, 3.8) is 0 Å². The van der Waals surface area contributed by atoms with E-state index < -0.39 is 49.5 Å². The molecule has 3 aromatic heterocycles. The third kappa shape index (κ3) is 8.00. The fraction of sp³-hybridized carbons (Fsp3) is 0.190. The van der Waals surface area contributed by atoms with Crippen LogP contribution in [0.5, 0.6) is 0 Å². The van der Waals surface area contributed by atoms with Gasteiger partial charge in [-0.1, -0.05) is 18.2 Å². The summed E-state index contributed by atoms with van der Waals surface area (Å²) in [5.74, 6) is -3.47. The molecule has 220 valence electrons. The van der Waals surface area contributed by atoms with Crippen LogP contribution in [0.1, 0.15) is 5.56 Å². The van der Waals surface area contributed by atoms with Gasteiger partial charge in [-0.25, -0.2) is 33.2 Å². The first-order valence-electron chi connectivity index (χ1n) is 11.0. The second kappa shape index (κ2) is 11.9. The van der Waals surface area contributed by atoms with Crippen LogP contribution in [0, 0.1) is 11.6 Å². The number of carboxylic acid groups (broad SMARTS) is 1. The normalized spacial score (nSPS) is 11.6. The van der Waals surface area contributed by atoms with Gasteiger partial charge in [0.15, 0.2) is 23.1 Å². The summed E-state index contributed by atoms with van der Waals surface area (Å²) in [6.45, 7) is 0.0204. The molecule has 20 heteroatoms. The van der Waals surface area contributed by atoms with E-state index in [2.05, 4.69) is 20.1 Å². The number of halogens is 2. The van der Waals surface area contributed by atoms with Crippen LogP contribution in [-0.4, -0.2) is 80.4 Å². The van der Waals surface area contributed by atoms with Gasteiger partial charge in [-0.05, 0) is 12.1 Å². The van der Waals surface area contributed by atoms with Gasteiger partial charge in [0.25, 0.3) is 20.2 Å². The van der Waals surface area contributed by atoms with E-state index in [-0.39, 0.29) is 46.4 Å². The zero-order valence-electron chi connectivity index (χ0n) is 20.9. The molecule has 0 aliphatic heterocycles. The number of nitrogens with two attached hydrogens (primary N) is 2. The molecule has 0 aliphatic carbocycles. The van der Waals surface area contributed by atoms with E-state index in [0.29, 0.717) is 5.56 Å². The Hall–Kier alpha value is -4.53. The van der Waals surface area contributed by atoms with Crippen LogP contribution in [0.15, 0.2) is 36.5 Å². The first kappa shape index (κ1) is 31.0. The summed E-state index contributed by atoms with van der Waals surface area (Å²) in [6.07, 6.45) is -0.291. The SMILES string of the molecule is CN(C(=O)O)c1c(N)nc(-c2nn(Cc3ccccc3F)c3ncc(F)cc23)nc1N.O=S(=O)(O)CCS(=O)(=O)O. The van der Waals surface area contributed by atoms with Gasteiger partial charge in [0, 0.05) is 12.6 Å². The Balaban J connectivity index is 0.000000397. The maximum Gasteiger partial charge on any atom is 0.411 e. The molecule has 4 aromatic rings. The van der Waals surface area contributed by atoms with E-state index in [4.69, 9.17) is 20.6 Å². The fourth-order valence-electron chi connectivity index (χ4n) is 3.34. The Kier molecular flexibility index (Phi) is 9.01. The molecule has 0 saturated heterocycles. The van der Waals surface area contributed by atoms with E-state index in [0.717, 1.165) is 11.1 Å². The molecule has 0 aliphatic rings. The molecule has 0 unspecified atom stereocenters. The van der Waals surface area contributed by atoms with Crippen LogP contribution in [-0.2, 0) is 26.8 Å². The summed E-state index contributed by atoms with van der Waals surface area (Å²) in [5, 5.41) is 13.8. The minimum absolute atomic E-state index is 0.0204. The number of benzene rings is 1. The van der Waals surface area contributed by atoms with Crippen molar-refractivity contribution in [2.45, 2.75) is 6.54 Å². The Morgan fingerprint density at radius 2 is 1.59 bits per heavy atom. The number of carbonyl (C=O) groups is 1. The molecule has 41 heavy (non-hydrogen) atoms. The third-order valence-electron chi connectivity index (χ3n) is 5.20. The smallest absolute Gasteiger partial charge is 0.411 e. The second-order valence-corrected chi connectivity index (χ2v) is 11.3. The fourth-order valence-corrected chi connectivity index (χ4v) is 5.03. The highest BCUT2D eigenvalue weighted by Crippen LogP contribution is 2.32. The topological polar surface area (TPSA) is 258 Å². The number of amides is 1. The summed E-state index contributed by atoms with van der Waals surface area (Å²) in [6, 6.07) is 7.34. The predicted octanol–water partition coefficient (Wildman–Crippen LogP) is 1.26. The number of hydrogen-bond acceptors (Lipinski definition) is 11. The number of nitrogen functional groups attached to an aromatic ring is 2. The van der Waals surface area contributed by atoms with E-state index in [9.17, 15) is 35.5 Å². The van der Waals surface area contributed by atoms with Crippen molar-refractivity contribution < 1.29 is 44.6 Å². The average Bonchev–Trinajstić information content (AvgIpc) is 3.20. The quantitative estimate of drug-likeness (QED) is 0.183. The minimum Gasteiger partial charge on any atom is -0.465 e. The lowest BCUT2D eigenvalue weighted by molar-refractivity contribution is 0.203. The zero-order valence-corrected chi connectivity index (χ0v) is 22.5. The average molecular weight is 617 g/mol. The zero-order chi connectivity index (χ0) is 30.7. The molecule has 1 aromatic carbocycles. The van der Waals surface area contributed by atoms with Gasteiger partial charge < -0.3 is 16.6 Å². The van der Waals surface area contributed by atoms with Gasteiger partial charge in [-0.2, -0.15) is 21.9 Å². The standard InChI is InChI=1S/C19H16F2N8O2.C2H6O6S2/c1-28(19(30)31)14-15(22)25-17(26-16(14)23)13-11-6-10(20)7-24-18(11)29(27-13)8-9-4-2-3-5-12(9)21;3-9(4,5)1-2-10(6,7)8/h2-7H,8H2,1H3,(H,30,31)(H4,22,23,25,26);1-2H2,(H,3,4,5)(H,6,7,8). The molecular formula is C21H22F2N8O8S2. The van der Waals surface area contributed by atoms with Crippen LogP contribution in [0.3, 0.4) is 0 Å². The number of fused-ring (bicyclic) bond motifs is 1. The van der Waals surface area contributed by atoms with Crippen molar-refractivity contribution in [3.8, 4) is 11.5 Å². The molecule has 0 bridgehead atoms. The van der Waals surface area contributed by atoms with Gasteiger partial charge >= 0.3 is 6.09 Å². The summed E-state index contributed by atoms with van der Waals surface area (Å²) in [4.78, 5) is 24.3. The Bertz CT molecular complexity index is 1780. The first-order chi connectivity index (χ1) is 19.0. The van der Waals surface area contributed by atoms with E-state index in [1.54, 1.807) is 18.2 Å². The van der Waals surface area contributed by atoms with Crippen molar-refractivity contribution in [1.29, 1.82) is 0 Å². The van der Waals surface area contributed by atoms with Crippen LogP contribution >= 0.6 is 0 Å². The summed E-state index contributed by atoms with van der Waals surface area (Å²) in [5.41, 5.74) is 12.5. The van der Waals surface area contributed by atoms with Crippen LogP contribution < -0.4 is 16.4 Å². The lowest BCUT2D eigenvalue weighted by Gasteiger charge is -2.16. The molecule has 0 saturated carbocycles. The Labute approximate surface area is 230 Å². The van der Waals surface area contributed by atoms with Crippen molar-refractivity contribution in [2.24, 2.45) is 0 Å². The number of hydrogen-bond donors (Lipinski definition) is 5. The van der Waals surface area contributed by atoms with Crippen LogP contribution in [0.2, 0.25) is 0 Å². The molecule has 3 heterocycles. The molecule has 0 spiro atoms. The number of anilines is 3. The Morgan fingerprint density at radius 1 is 1.02 bits per heavy atom. The molecular weight excluding hydrogens is 594 g/mol. The summed E-state index contributed by atoms with van der Waals surface area (Å²) >= 11 is 0. The molecule has 0 atom stereocenters. The Morgan fingerprint density at radius 3 is 2.10 bits per heavy atom. The van der Waals surface area contributed by atoms with Gasteiger partial charge in [0.05, 0.1) is 29.6 Å². The summed E-state index contributed by atoms with van der Waals surface area (Å²) < 4.78 is 84.8. The largest absolute Gasteiger partial charge is 0.465 e.